The molecule has 2 amide bonds. The number of amides is 2. The van der Waals surface area contributed by atoms with Crippen molar-refractivity contribution in [2.75, 3.05) is 11.9 Å². The second-order valence-electron chi connectivity index (χ2n) is 7.24. The lowest BCUT2D eigenvalue weighted by molar-refractivity contribution is 0.0944. The summed E-state index contributed by atoms with van der Waals surface area (Å²) in [4.78, 5) is 25.2. The van der Waals surface area contributed by atoms with E-state index in [1.165, 1.54) is 5.56 Å². The average molecular weight is 402 g/mol. The summed E-state index contributed by atoms with van der Waals surface area (Å²) in [6.45, 7) is 4.30. The Hall–Kier alpha value is -3.60. The quantitative estimate of drug-likeness (QED) is 0.574. The minimum absolute atomic E-state index is 0.00553. The maximum Gasteiger partial charge on any atom is 0.255 e. The van der Waals surface area contributed by atoms with E-state index in [0.717, 1.165) is 6.42 Å². The number of para-hydroxylation sites is 1. The van der Waals surface area contributed by atoms with Crippen LogP contribution in [0.15, 0.2) is 78.9 Å². The van der Waals surface area contributed by atoms with Crippen molar-refractivity contribution >= 4 is 17.5 Å². The van der Waals surface area contributed by atoms with Crippen molar-refractivity contribution in [3.63, 3.8) is 0 Å². The van der Waals surface area contributed by atoms with E-state index in [2.05, 4.69) is 22.8 Å². The highest BCUT2D eigenvalue weighted by Gasteiger charge is 2.15. The summed E-state index contributed by atoms with van der Waals surface area (Å²) in [5.41, 5.74) is 2.56. The van der Waals surface area contributed by atoms with Crippen LogP contribution in [0, 0.1) is 0 Å². The van der Waals surface area contributed by atoms with E-state index in [1.807, 2.05) is 38.1 Å². The second-order valence-corrected chi connectivity index (χ2v) is 7.24. The molecule has 2 N–H and O–H groups in total. The predicted molar refractivity (Wildman–Crippen MR) is 119 cm³/mol. The number of rotatable bonds is 8. The molecule has 3 aromatic rings. The van der Waals surface area contributed by atoms with E-state index in [-0.39, 0.29) is 17.9 Å². The molecule has 0 aliphatic rings. The van der Waals surface area contributed by atoms with Crippen LogP contribution in [0.1, 0.15) is 40.1 Å². The number of benzene rings is 3. The summed E-state index contributed by atoms with van der Waals surface area (Å²) in [6.07, 6.45) is 0.787. The molecular formula is C25H26N2O3. The summed E-state index contributed by atoms with van der Waals surface area (Å²) in [5.74, 6) is 0.108. The lowest BCUT2D eigenvalue weighted by Gasteiger charge is -2.13. The molecule has 0 aromatic heterocycles. The summed E-state index contributed by atoms with van der Waals surface area (Å²) < 4.78 is 5.81. The first kappa shape index (κ1) is 21.1. The van der Waals surface area contributed by atoms with Gasteiger partial charge in [-0.15, -0.1) is 0 Å². The Kier molecular flexibility index (Phi) is 7.22. The van der Waals surface area contributed by atoms with Crippen molar-refractivity contribution in [1.29, 1.82) is 0 Å². The molecule has 0 saturated carbocycles. The van der Waals surface area contributed by atoms with Crippen LogP contribution < -0.4 is 15.4 Å². The number of hydrogen-bond donors (Lipinski definition) is 2. The maximum absolute atomic E-state index is 12.8. The van der Waals surface area contributed by atoms with Crippen molar-refractivity contribution in [2.24, 2.45) is 0 Å². The fourth-order valence-electron chi connectivity index (χ4n) is 2.98. The third-order valence-corrected chi connectivity index (χ3v) is 4.44. The highest BCUT2D eigenvalue weighted by molar-refractivity contribution is 6.09. The van der Waals surface area contributed by atoms with Gasteiger partial charge in [-0.1, -0.05) is 48.5 Å². The van der Waals surface area contributed by atoms with Crippen molar-refractivity contribution in [1.82, 2.24) is 5.32 Å². The van der Waals surface area contributed by atoms with E-state index in [4.69, 9.17) is 4.74 Å². The van der Waals surface area contributed by atoms with E-state index in [0.29, 0.717) is 29.2 Å². The fourth-order valence-corrected chi connectivity index (χ4v) is 2.98. The Morgan fingerprint density at radius 1 is 0.867 bits per heavy atom. The summed E-state index contributed by atoms with van der Waals surface area (Å²) in [6, 6.07) is 24.1. The number of ether oxygens (including phenoxy) is 1. The van der Waals surface area contributed by atoms with Crippen LogP contribution in [0.3, 0.4) is 0 Å². The van der Waals surface area contributed by atoms with Crippen LogP contribution in [0.25, 0.3) is 0 Å². The van der Waals surface area contributed by atoms with Gasteiger partial charge in [0.2, 0.25) is 0 Å². The number of carbonyl (C=O) groups excluding carboxylic acids is 2. The summed E-state index contributed by atoms with van der Waals surface area (Å²) >= 11 is 0. The van der Waals surface area contributed by atoms with Crippen LogP contribution in [0.5, 0.6) is 5.75 Å². The first-order chi connectivity index (χ1) is 14.5. The molecule has 5 heteroatoms. The molecule has 3 rings (SSSR count). The Balaban J connectivity index is 1.65. The van der Waals surface area contributed by atoms with Gasteiger partial charge in [0, 0.05) is 18.0 Å². The van der Waals surface area contributed by atoms with Gasteiger partial charge in [-0.25, -0.2) is 0 Å². The molecule has 0 aliphatic carbocycles. The van der Waals surface area contributed by atoms with Crippen molar-refractivity contribution in [2.45, 2.75) is 26.3 Å². The number of carbonyl (C=O) groups is 2. The molecule has 3 aromatic carbocycles. The molecule has 0 unspecified atom stereocenters. The largest absolute Gasteiger partial charge is 0.493 e. The standard InChI is InChI=1S/C25H26N2O3/c1-18(2)26-25(29)22-13-6-7-14-23(22)27-24(28)20-11-8-12-21(17-20)30-16-15-19-9-4-3-5-10-19/h3-14,17-18H,15-16H2,1-2H3,(H,26,29)(H,27,28). The van der Waals surface area contributed by atoms with Gasteiger partial charge in [0.05, 0.1) is 17.9 Å². The van der Waals surface area contributed by atoms with Crippen LogP contribution in [-0.4, -0.2) is 24.5 Å². The molecule has 5 nitrogen and oxygen atoms in total. The van der Waals surface area contributed by atoms with Crippen molar-refractivity contribution < 1.29 is 14.3 Å². The van der Waals surface area contributed by atoms with Crippen molar-refractivity contribution in [3.8, 4) is 5.75 Å². The second kappa shape index (κ2) is 10.3. The minimum atomic E-state index is -0.298. The third kappa shape index (κ3) is 5.95. The number of hydrogen-bond acceptors (Lipinski definition) is 3. The summed E-state index contributed by atoms with van der Waals surface area (Å²) in [5, 5.41) is 5.68. The zero-order chi connectivity index (χ0) is 21.3. The van der Waals surface area contributed by atoms with Crippen LogP contribution in [0.4, 0.5) is 5.69 Å². The molecule has 0 heterocycles. The topological polar surface area (TPSA) is 67.4 Å². The lowest BCUT2D eigenvalue weighted by atomic mass is 10.1. The molecular weight excluding hydrogens is 376 g/mol. The first-order valence-corrected chi connectivity index (χ1v) is 10.0. The normalized spacial score (nSPS) is 10.5. The SMILES string of the molecule is CC(C)NC(=O)c1ccccc1NC(=O)c1cccc(OCCc2ccccc2)c1. The van der Waals surface area contributed by atoms with Gasteiger partial charge in [0.25, 0.3) is 11.8 Å². The van der Waals surface area contributed by atoms with Crippen molar-refractivity contribution in [3.05, 3.63) is 95.6 Å². The Morgan fingerprint density at radius 2 is 1.60 bits per heavy atom. The van der Waals surface area contributed by atoms with E-state index in [1.54, 1.807) is 42.5 Å². The lowest BCUT2D eigenvalue weighted by Crippen LogP contribution is -2.31. The molecule has 154 valence electrons. The molecule has 30 heavy (non-hydrogen) atoms. The van der Waals surface area contributed by atoms with Gasteiger partial charge in [-0.3, -0.25) is 9.59 Å². The molecule has 0 bridgehead atoms. The molecule has 0 radical (unpaired) electrons. The number of anilines is 1. The molecule has 0 saturated heterocycles. The van der Waals surface area contributed by atoms with Crippen LogP contribution in [-0.2, 0) is 6.42 Å². The van der Waals surface area contributed by atoms with Gasteiger partial charge in [-0.2, -0.15) is 0 Å². The fraction of sp³-hybridized carbons (Fsp3) is 0.200. The highest BCUT2D eigenvalue weighted by Crippen LogP contribution is 2.19. The van der Waals surface area contributed by atoms with E-state index < -0.39 is 0 Å². The predicted octanol–water partition coefficient (Wildman–Crippen LogP) is 4.70. The zero-order valence-electron chi connectivity index (χ0n) is 17.2. The Bertz CT molecular complexity index is 1000. The summed E-state index contributed by atoms with van der Waals surface area (Å²) in [7, 11) is 0. The van der Waals surface area contributed by atoms with Gasteiger partial charge < -0.3 is 15.4 Å². The van der Waals surface area contributed by atoms with Gasteiger partial charge in [-0.05, 0) is 49.7 Å². The number of nitrogens with one attached hydrogen (secondary N) is 2. The Morgan fingerprint density at radius 3 is 2.37 bits per heavy atom. The third-order valence-electron chi connectivity index (χ3n) is 4.44. The molecule has 0 spiro atoms. The molecule has 0 fully saturated rings. The minimum Gasteiger partial charge on any atom is -0.493 e. The van der Waals surface area contributed by atoms with Crippen LogP contribution in [0.2, 0.25) is 0 Å². The van der Waals surface area contributed by atoms with E-state index in [9.17, 15) is 9.59 Å². The monoisotopic (exact) mass is 402 g/mol. The average Bonchev–Trinajstić information content (AvgIpc) is 2.74. The van der Waals surface area contributed by atoms with E-state index >= 15 is 0 Å². The van der Waals surface area contributed by atoms with Gasteiger partial charge in [0.1, 0.15) is 5.75 Å². The smallest absolute Gasteiger partial charge is 0.255 e. The van der Waals surface area contributed by atoms with Gasteiger partial charge >= 0.3 is 0 Å². The maximum atomic E-state index is 12.8. The molecule has 0 aliphatic heterocycles. The van der Waals surface area contributed by atoms with Gasteiger partial charge in [0.15, 0.2) is 0 Å². The molecule has 0 atom stereocenters. The highest BCUT2D eigenvalue weighted by atomic mass is 16.5. The Labute approximate surface area is 177 Å². The zero-order valence-corrected chi connectivity index (χ0v) is 17.2. The van der Waals surface area contributed by atoms with Crippen LogP contribution >= 0.6 is 0 Å². The first-order valence-electron chi connectivity index (χ1n) is 10.0.